The molecule has 2 saturated heterocycles. The van der Waals surface area contributed by atoms with Crippen LogP contribution in [0.3, 0.4) is 0 Å². The normalized spacial score (nSPS) is 25.1. The fourth-order valence-electron chi connectivity index (χ4n) is 3.83. The van der Waals surface area contributed by atoms with Gasteiger partial charge in [0.2, 0.25) is 0 Å². The molecule has 2 fully saturated rings. The molecule has 148 valence electrons. The summed E-state index contributed by atoms with van der Waals surface area (Å²) in [5, 5.41) is 3.52. The summed E-state index contributed by atoms with van der Waals surface area (Å²) in [5.41, 5.74) is -0.445. The summed E-state index contributed by atoms with van der Waals surface area (Å²) in [7, 11) is 0. The molecular formula is C19H35N5O2. The molecule has 0 aromatic carbocycles. The van der Waals surface area contributed by atoms with Crippen molar-refractivity contribution >= 4 is 12.1 Å². The summed E-state index contributed by atoms with van der Waals surface area (Å²) in [5.74, 6) is 1.88. The highest BCUT2D eigenvalue weighted by atomic mass is 16.6. The van der Waals surface area contributed by atoms with Crippen LogP contribution in [0.4, 0.5) is 4.79 Å². The van der Waals surface area contributed by atoms with Crippen LogP contribution in [0.15, 0.2) is 4.99 Å². The number of amides is 1. The minimum atomic E-state index is -0.445. The van der Waals surface area contributed by atoms with Crippen molar-refractivity contribution in [3.63, 3.8) is 0 Å². The molecule has 1 amide bonds. The molecule has 3 rings (SSSR count). The molecule has 7 nitrogen and oxygen atoms in total. The Balaban J connectivity index is 1.40. The van der Waals surface area contributed by atoms with E-state index in [1.807, 2.05) is 25.7 Å². The average molecular weight is 366 g/mol. The first-order valence-electron chi connectivity index (χ1n) is 10.1. The van der Waals surface area contributed by atoms with Gasteiger partial charge in [-0.25, -0.2) is 4.79 Å². The van der Waals surface area contributed by atoms with Crippen molar-refractivity contribution in [1.29, 1.82) is 0 Å². The fourth-order valence-corrected chi connectivity index (χ4v) is 3.83. The van der Waals surface area contributed by atoms with Crippen LogP contribution in [0.25, 0.3) is 0 Å². The van der Waals surface area contributed by atoms with E-state index in [2.05, 4.69) is 27.0 Å². The predicted molar refractivity (Wildman–Crippen MR) is 103 cm³/mol. The Kier molecular flexibility index (Phi) is 5.95. The third-order valence-corrected chi connectivity index (χ3v) is 5.45. The van der Waals surface area contributed by atoms with Crippen LogP contribution in [-0.2, 0) is 4.74 Å². The number of nitrogens with zero attached hydrogens (tertiary/aromatic N) is 4. The number of aliphatic imine (C=N–C) groups is 1. The molecule has 0 saturated carbocycles. The number of carbonyl (C=O) groups is 1. The zero-order valence-electron chi connectivity index (χ0n) is 16.8. The molecular weight excluding hydrogens is 330 g/mol. The van der Waals surface area contributed by atoms with Gasteiger partial charge in [0, 0.05) is 32.7 Å². The number of carbonyl (C=O) groups excluding carboxylic acids is 1. The van der Waals surface area contributed by atoms with Crippen LogP contribution in [0.5, 0.6) is 0 Å². The van der Waals surface area contributed by atoms with Gasteiger partial charge in [0.1, 0.15) is 5.60 Å². The zero-order valence-corrected chi connectivity index (χ0v) is 16.8. The maximum Gasteiger partial charge on any atom is 0.410 e. The van der Waals surface area contributed by atoms with E-state index in [4.69, 9.17) is 4.74 Å². The Morgan fingerprint density at radius 1 is 1.23 bits per heavy atom. The van der Waals surface area contributed by atoms with E-state index >= 15 is 0 Å². The summed E-state index contributed by atoms with van der Waals surface area (Å²) in [4.78, 5) is 23.6. The van der Waals surface area contributed by atoms with Crippen molar-refractivity contribution in [3.05, 3.63) is 0 Å². The summed E-state index contributed by atoms with van der Waals surface area (Å²) in [6.07, 6.45) is 2.42. The molecule has 26 heavy (non-hydrogen) atoms. The van der Waals surface area contributed by atoms with Gasteiger partial charge in [0.15, 0.2) is 5.96 Å². The highest BCUT2D eigenvalue weighted by Gasteiger charge is 2.36. The van der Waals surface area contributed by atoms with Crippen LogP contribution >= 0.6 is 0 Å². The van der Waals surface area contributed by atoms with Gasteiger partial charge >= 0.3 is 6.09 Å². The SMILES string of the molecule is CC1CCN(CCNC2=NCC3CN(C(=O)OC(C)(C)C)CCN23)CC1. The molecule has 1 atom stereocenters. The number of likely N-dealkylation sites (tertiary alicyclic amines) is 1. The second kappa shape index (κ2) is 8.03. The van der Waals surface area contributed by atoms with Crippen molar-refractivity contribution in [3.8, 4) is 0 Å². The lowest BCUT2D eigenvalue weighted by molar-refractivity contribution is 0.0137. The van der Waals surface area contributed by atoms with E-state index in [9.17, 15) is 4.79 Å². The first kappa shape index (κ1) is 19.3. The van der Waals surface area contributed by atoms with Crippen LogP contribution in [0.2, 0.25) is 0 Å². The highest BCUT2D eigenvalue weighted by Crippen LogP contribution is 2.19. The summed E-state index contributed by atoms with van der Waals surface area (Å²) in [6, 6.07) is 0.273. The van der Waals surface area contributed by atoms with Gasteiger partial charge in [0.25, 0.3) is 0 Å². The van der Waals surface area contributed by atoms with E-state index in [1.54, 1.807) is 0 Å². The lowest BCUT2D eigenvalue weighted by Crippen LogP contribution is -2.58. The van der Waals surface area contributed by atoms with Crippen LogP contribution in [0.1, 0.15) is 40.5 Å². The summed E-state index contributed by atoms with van der Waals surface area (Å²) < 4.78 is 5.50. The van der Waals surface area contributed by atoms with Crippen molar-refractivity contribution in [2.45, 2.75) is 52.2 Å². The molecule has 1 N–H and O–H groups in total. The molecule has 7 heteroatoms. The van der Waals surface area contributed by atoms with E-state index in [0.717, 1.165) is 38.1 Å². The first-order valence-corrected chi connectivity index (χ1v) is 10.1. The van der Waals surface area contributed by atoms with Gasteiger partial charge in [-0.15, -0.1) is 0 Å². The van der Waals surface area contributed by atoms with Gasteiger partial charge < -0.3 is 24.8 Å². The van der Waals surface area contributed by atoms with Crippen LogP contribution in [-0.4, -0.2) is 90.8 Å². The van der Waals surface area contributed by atoms with Crippen LogP contribution in [0, 0.1) is 5.92 Å². The Morgan fingerprint density at radius 3 is 2.65 bits per heavy atom. The topological polar surface area (TPSA) is 60.4 Å². The number of ether oxygens (including phenoxy) is 1. The number of piperazine rings is 1. The molecule has 0 aliphatic carbocycles. The molecule has 1 unspecified atom stereocenters. The van der Waals surface area contributed by atoms with Gasteiger partial charge in [-0.2, -0.15) is 0 Å². The third-order valence-electron chi connectivity index (χ3n) is 5.45. The lowest BCUT2D eigenvalue weighted by atomic mass is 9.99. The molecule has 3 aliphatic heterocycles. The molecule has 3 heterocycles. The van der Waals surface area contributed by atoms with Crippen molar-refractivity contribution in [2.24, 2.45) is 10.9 Å². The van der Waals surface area contributed by atoms with Gasteiger partial charge in [0.05, 0.1) is 12.6 Å². The molecule has 3 aliphatic rings. The smallest absolute Gasteiger partial charge is 0.410 e. The van der Waals surface area contributed by atoms with Gasteiger partial charge in [-0.3, -0.25) is 4.99 Å². The Hall–Kier alpha value is -1.50. The quantitative estimate of drug-likeness (QED) is 0.823. The fraction of sp³-hybridized carbons (Fsp3) is 0.895. The Labute approximate surface area is 157 Å². The summed E-state index contributed by atoms with van der Waals surface area (Å²) in [6.45, 7) is 15.5. The molecule has 0 radical (unpaired) electrons. The number of hydrogen-bond donors (Lipinski definition) is 1. The van der Waals surface area contributed by atoms with Gasteiger partial charge in [-0.1, -0.05) is 6.92 Å². The van der Waals surface area contributed by atoms with E-state index in [-0.39, 0.29) is 12.1 Å². The van der Waals surface area contributed by atoms with Crippen molar-refractivity contribution in [1.82, 2.24) is 20.0 Å². The lowest BCUT2D eigenvalue weighted by Gasteiger charge is -2.39. The number of rotatable bonds is 3. The van der Waals surface area contributed by atoms with E-state index in [1.165, 1.54) is 25.9 Å². The standard InChI is InChI=1S/C19H35N5O2/c1-15-5-8-22(9-6-15)10-7-20-17-21-13-16-14-23(11-12-24(16)17)18(25)26-19(2,3)4/h15-16H,5-14H2,1-4H3,(H,20,21). The number of fused-ring (bicyclic) bond motifs is 1. The molecule has 0 aromatic heterocycles. The van der Waals surface area contributed by atoms with Gasteiger partial charge in [-0.05, 0) is 52.6 Å². The second-order valence-electron chi connectivity index (χ2n) is 8.89. The maximum atomic E-state index is 12.3. The Bertz CT molecular complexity index is 523. The predicted octanol–water partition coefficient (Wildman–Crippen LogP) is 1.60. The van der Waals surface area contributed by atoms with Crippen molar-refractivity contribution in [2.75, 3.05) is 52.4 Å². The number of guanidine groups is 1. The third kappa shape index (κ3) is 5.02. The minimum Gasteiger partial charge on any atom is -0.444 e. The Morgan fingerprint density at radius 2 is 1.96 bits per heavy atom. The van der Waals surface area contributed by atoms with E-state index in [0.29, 0.717) is 13.1 Å². The zero-order chi connectivity index (χ0) is 18.7. The van der Waals surface area contributed by atoms with E-state index < -0.39 is 5.60 Å². The summed E-state index contributed by atoms with van der Waals surface area (Å²) >= 11 is 0. The monoisotopic (exact) mass is 365 g/mol. The molecule has 0 bridgehead atoms. The highest BCUT2D eigenvalue weighted by molar-refractivity contribution is 5.82. The number of nitrogens with one attached hydrogen (secondary N) is 1. The van der Waals surface area contributed by atoms with Crippen molar-refractivity contribution < 1.29 is 9.53 Å². The minimum absolute atomic E-state index is 0.210. The second-order valence-corrected chi connectivity index (χ2v) is 8.89. The maximum absolute atomic E-state index is 12.3. The largest absolute Gasteiger partial charge is 0.444 e. The average Bonchev–Trinajstić information content (AvgIpc) is 2.97. The first-order chi connectivity index (χ1) is 12.3. The molecule has 0 aromatic rings. The number of piperidine rings is 1. The molecule has 0 spiro atoms. The van der Waals surface area contributed by atoms with Crippen LogP contribution < -0.4 is 5.32 Å². The number of hydrogen-bond acceptors (Lipinski definition) is 6.